The highest BCUT2D eigenvalue weighted by molar-refractivity contribution is 7.92. The summed E-state index contributed by atoms with van der Waals surface area (Å²) in [6.07, 6.45) is 0. The smallest absolute Gasteiger partial charge is 0.265 e. The van der Waals surface area contributed by atoms with Gasteiger partial charge in [0.25, 0.3) is 10.0 Å². The summed E-state index contributed by atoms with van der Waals surface area (Å²) in [6, 6.07) is 10.6. The molecule has 0 atom stereocenters. The minimum absolute atomic E-state index is 0.139. The molecule has 0 aliphatic carbocycles. The number of nitrogens with one attached hydrogen (secondary N) is 2. The van der Waals surface area contributed by atoms with E-state index >= 15 is 0 Å². The fourth-order valence-electron chi connectivity index (χ4n) is 2.32. The molecular weight excluding hydrogens is 336 g/mol. The minimum atomic E-state index is -3.73. The van der Waals surface area contributed by atoms with Gasteiger partial charge in [0, 0.05) is 17.9 Å². The summed E-state index contributed by atoms with van der Waals surface area (Å²) in [5.41, 5.74) is 3.35. The number of hydrogen-bond acceptors (Lipinski definition) is 4. The van der Waals surface area contributed by atoms with E-state index in [-0.39, 0.29) is 4.90 Å². The molecule has 6 heteroatoms. The van der Waals surface area contributed by atoms with Gasteiger partial charge in [0.2, 0.25) is 0 Å². The molecule has 0 fully saturated rings. The van der Waals surface area contributed by atoms with Crippen LogP contribution in [0.1, 0.15) is 25.0 Å². The Labute approximate surface area is 150 Å². The van der Waals surface area contributed by atoms with Gasteiger partial charge in [-0.3, -0.25) is 4.72 Å². The molecule has 0 aliphatic rings. The molecule has 0 amide bonds. The van der Waals surface area contributed by atoms with Gasteiger partial charge in [-0.1, -0.05) is 13.8 Å². The van der Waals surface area contributed by atoms with E-state index in [1.165, 1.54) is 7.11 Å². The summed E-state index contributed by atoms with van der Waals surface area (Å²) in [5.74, 6) is 0.876. The van der Waals surface area contributed by atoms with Gasteiger partial charge in [0.1, 0.15) is 10.6 Å². The van der Waals surface area contributed by atoms with Crippen LogP contribution in [-0.4, -0.2) is 22.1 Å². The van der Waals surface area contributed by atoms with E-state index in [1.807, 2.05) is 26.0 Å². The van der Waals surface area contributed by atoms with Crippen molar-refractivity contribution < 1.29 is 13.2 Å². The first kappa shape index (κ1) is 19.1. The van der Waals surface area contributed by atoms with Crippen LogP contribution in [0.5, 0.6) is 5.75 Å². The van der Waals surface area contributed by atoms with Crippen LogP contribution in [0.15, 0.2) is 41.3 Å². The molecule has 0 aromatic heterocycles. The number of sulfonamides is 1. The highest BCUT2D eigenvalue weighted by Gasteiger charge is 2.20. The Kier molecular flexibility index (Phi) is 5.95. The van der Waals surface area contributed by atoms with E-state index in [1.54, 1.807) is 24.3 Å². The zero-order valence-electron chi connectivity index (χ0n) is 15.4. The monoisotopic (exact) mass is 362 g/mol. The number of benzene rings is 2. The lowest BCUT2D eigenvalue weighted by Crippen LogP contribution is -2.14. The predicted molar refractivity (Wildman–Crippen MR) is 103 cm³/mol. The largest absolute Gasteiger partial charge is 0.495 e. The third-order valence-electron chi connectivity index (χ3n) is 3.92. The molecule has 5 nitrogen and oxygen atoms in total. The summed E-state index contributed by atoms with van der Waals surface area (Å²) in [5, 5.41) is 3.30. The van der Waals surface area contributed by atoms with Gasteiger partial charge in [0.15, 0.2) is 0 Å². The molecule has 0 aliphatic heterocycles. The Bertz CT molecular complexity index is 828. The molecule has 2 N–H and O–H groups in total. The van der Waals surface area contributed by atoms with Gasteiger partial charge >= 0.3 is 0 Å². The fraction of sp³-hybridized carbons (Fsp3) is 0.368. The van der Waals surface area contributed by atoms with Crippen molar-refractivity contribution in [3.8, 4) is 5.75 Å². The first-order chi connectivity index (χ1) is 11.7. The Hall–Kier alpha value is -2.21. The zero-order chi connectivity index (χ0) is 18.6. The summed E-state index contributed by atoms with van der Waals surface area (Å²) < 4.78 is 33.3. The molecule has 0 saturated carbocycles. The number of rotatable bonds is 7. The topological polar surface area (TPSA) is 67.4 Å². The van der Waals surface area contributed by atoms with Gasteiger partial charge < -0.3 is 10.1 Å². The Morgan fingerprint density at radius 1 is 1.00 bits per heavy atom. The van der Waals surface area contributed by atoms with E-state index in [2.05, 4.69) is 23.9 Å². The molecule has 136 valence electrons. The van der Waals surface area contributed by atoms with Crippen LogP contribution in [0.4, 0.5) is 11.4 Å². The number of methoxy groups -OCH3 is 1. The SMILES string of the molecule is COc1cc(C)c(C)cc1S(=O)(=O)Nc1ccc(NCC(C)C)cc1. The Morgan fingerprint density at radius 3 is 2.12 bits per heavy atom. The first-order valence-corrected chi connectivity index (χ1v) is 9.73. The lowest BCUT2D eigenvalue weighted by molar-refractivity contribution is 0.402. The van der Waals surface area contributed by atoms with Gasteiger partial charge in [-0.05, 0) is 67.3 Å². The van der Waals surface area contributed by atoms with E-state index in [0.717, 1.165) is 23.4 Å². The van der Waals surface area contributed by atoms with Crippen LogP contribution in [0.2, 0.25) is 0 Å². The van der Waals surface area contributed by atoms with Crippen molar-refractivity contribution in [1.82, 2.24) is 0 Å². The van der Waals surface area contributed by atoms with Gasteiger partial charge in [0.05, 0.1) is 7.11 Å². The maximum atomic E-state index is 12.7. The zero-order valence-corrected chi connectivity index (χ0v) is 16.2. The van der Waals surface area contributed by atoms with Crippen molar-refractivity contribution in [3.05, 3.63) is 47.5 Å². The van der Waals surface area contributed by atoms with Crippen molar-refractivity contribution in [2.75, 3.05) is 23.7 Å². The second kappa shape index (κ2) is 7.78. The van der Waals surface area contributed by atoms with Crippen molar-refractivity contribution >= 4 is 21.4 Å². The predicted octanol–water partition coefficient (Wildman–Crippen LogP) is 4.18. The van der Waals surface area contributed by atoms with E-state index in [4.69, 9.17) is 4.74 Å². The Morgan fingerprint density at radius 2 is 1.56 bits per heavy atom. The molecule has 0 bridgehead atoms. The van der Waals surface area contributed by atoms with Crippen molar-refractivity contribution in [3.63, 3.8) is 0 Å². The molecule has 0 heterocycles. The maximum absolute atomic E-state index is 12.7. The van der Waals surface area contributed by atoms with Gasteiger partial charge in [-0.2, -0.15) is 0 Å². The van der Waals surface area contributed by atoms with Crippen molar-refractivity contribution in [2.45, 2.75) is 32.6 Å². The summed E-state index contributed by atoms with van der Waals surface area (Å²) >= 11 is 0. The lowest BCUT2D eigenvalue weighted by atomic mass is 10.1. The lowest BCUT2D eigenvalue weighted by Gasteiger charge is -2.14. The molecule has 25 heavy (non-hydrogen) atoms. The molecular formula is C19H26N2O3S. The number of aryl methyl sites for hydroxylation is 2. The second-order valence-corrected chi connectivity index (χ2v) is 8.20. The summed E-state index contributed by atoms with van der Waals surface area (Å²) in [7, 11) is -2.26. The number of anilines is 2. The second-order valence-electron chi connectivity index (χ2n) is 6.54. The Balaban J connectivity index is 2.23. The summed E-state index contributed by atoms with van der Waals surface area (Å²) in [4.78, 5) is 0.139. The van der Waals surface area contributed by atoms with Crippen LogP contribution in [0.3, 0.4) is 0 Å². The molecule has 2 aromatic rings. The van der Waals surface area contributed by atoms with Crippen LogP contribution < -0.4 is 14.8 Å². The normalized spacial score (nSPS) is 11.4. The molecule has 0 saturated heterocycles. The van der Waals surface area contributed by atoms with Crippen LogP contribution in [0, 0.1) is 19.8 Å². The van der Waals surface area contributed by atoms with Crippen molar-refractivity contribution in [1.29, 1.82) is 0 Å². The van der Waals surface area contributed by atoms with Gasteiger partial charge in [-0.15, -0.1) is 0 Å². The standard InChI is InChI=1S/C19H26N2O3S/c1-13(2)12-20-16-6-8-17(9-7-16)21-25(22,23)19-11-15(4)14(3)10-18(19)24-5/h6-11,13,20-21H,12H2,1-5H3. The molecule has 0 spiro atoms. The van der Waals surface area contributed by atoms with E-state index in [9.17, 15) is 8.42 Å². The number of ether oxygens (including phenoxy) is 1. The third kappa shape index (κ3) is 4.89. The minimum Gasteiger partial charge on any atom is -0.495 e. The van der Waals surface area contributed by atoms with E-state index in [0.29, 0.717) is 17.4 Å². The van der Waals surface area contributed by atoms with Crippen LogP contribution in [0.25, 0.3) is 0 Å². The van der Waals surface area contributed by atoms with E-state index < -0.39 is 10.0 Å². The average Bonchev–Trinajstić information content (AvgIpc) is 2.55. The molecule has 0 unspecified atom stereocenters. The molecule has 0 radical (unpaired) electrons. The highest BCUT2D eigenvalue weighted by Crippen LogP contribution is 2.29. The summed E-state index contributed by atoms with van der Waals surface area (Å²) in [6.45, 7) is 8.93. The first-order valence-electron chi connectivity index (χ1n) is 8.25. The van der Waals surface area contributed by atoms with Crippen LogP contribution >= 0.6 is 0 Å². The fourth-order valence-corrected chi connectivity index (χ4v) is 3.62. The van der Waals surface area contributed by atoms with Crippen LogP contribution in [-0.2, 0) is 10.0 Å². The quantitative estimate of drug-likeness (QED) is 0.775. The highest BCUT2D eigenvalue weighted by atomic mass is 32.2. The maximum Gasteiger partial charge on any atom is 0.265 e. The van der Waals surface area contributed by atoms with Gasteiger partial charge in [-0.25, -0.2) is 8.42 Å². The third-order valence-corrected chi connectivity index (χ3v) is 5.32. The molecule has 2 rings (SSSR count). The van der Waals surface area contributed by atoms with Crippen molar-refractivity contribution in [2.24, 2.45) is 5.92 Å². The number of hydrogen-bond donors (Lipinski definition) is 2. The average molecular weight is 362 g/mol. The molecule has 2 aromatic carbocycles.